The van der Waals surface area contributed by atoms with E-state index in [0.29, 0.717) is 25.7 Å². The molecule has 2 unspecified atom stereocenters. The Bertz CT molecular complexity index is 2190. The van der Waals surface area contributed by atoms with Crippen LogP contribution in [0.2, 0.25) is 0 Å². The average Bonchev–Trinajstić information content (AvgIpc) is 1.04. The summed E-state index contributed by atoms with van der Waals surface area (Å²) in [6.07, 6.45) is 72.7. The maximum Gasteiger partial charge on any atom is 0.472 e. The molecule has 17 nitrogen and oxygen atoms in total. The molecular weight excluding hydrogens is 1280 g/mol. The van der Waals surface area contributed by atoms with Gasteiger partial charge in [0.15, 0.2) is 12.2 Å². The average molecular weight is 1420 g/mol. The van der Waals surface area contributed by atoms with Crippen molar-refractivity contribution in [1.29, 1.82) is 0 Å². The van der Waals surface area contributed by atoms with Gasteiger partial charge < -0.3 is 33.8 Å². The van der Waals surface area contributed by atoms with Gasteiger partial charge in [-0.15, -0.1) is 0 Å². The molecule has 0 aromatic heterocycles. The first-order valence-electron chi connectivity index (χ1n) is 38.8. The smallest absolute Gasteiger partial charge is 0.462 e. The predicted molar refractivity (Wildman–Crippen MR) is 399 cm³/mol. The van der Waals surface area contributed by atoms with Gasteiger partial charge in [-0.3, -0.25) is 37.3 Å². The summed E-state index contributed by atoms with van der Waals surface area (Å²) in [6, 6.07) is 0. The van der Waals surface area contributed by atoms with Crippen LogP contribution in [0.5, 0.6) is 0 Å². The number of unbranched alkanes of at least 4 members (excludes halogenated alkanes) is 34. The van der Waals surface area contributed by atoms with Crippen molar-refractivity contribution in [3.8, 4) is 0 Å². The first kappa shape index (κ1) is 94.2. The number of allylic oxidation sites excluding steroid dienone is 14. The maximum atomic E-state index is 13.1. The second-order valence-corrected chi connectivity index (χ2v) is 28.9. The van der Waals surface area contributed by atoms with Gasteiger partial charge in [0.1, 0.15) is 19.3 Å². The van der Waals surface area contributed by atoms with Crippen molar-refractivity contribution in [1.82, 2.24) is 0 Å². The Morgan fingerprint density at radius 1 is 0.296 bits per heavy atom. The van der Waals surface area contributed by atoms with E-state index < -0.39 is 97.5 Å². The number of phosphoric ester groups is 2. The van der Waals surface area contributed by atoms with Gasteiger partial charge >= 0.3 is 39.5 Å². The lowest BCUT2D eigenvalue weighted by Gasteiger charge is -2.21. The number of hydrogen-bond donors (Lipinski definition) is 3. The largest absolute Gasteiger partial charge is 0.472 e. The molecular formula is C79H140O17P2. The van der Waals surface area contributed by atoms with Crippen LogP contribution in [0.15, 0.2) is 85.1 Å². The number of ether oxygens (including phenoxy) is 4. The predicted octanol–water partition coefficient (Wildman–Crippen LogP) is 22.2. The number of rotatable bonds is 73. The van der Waals surface area contributed by atoms with Gasteiger partial charge in [0.05, 0.1) is 26.4 Å². The van der Waals surface area contributed by atoms with Crippen LogP contribution in [-0.4, -0.2) is 96.7 Å². The third-order valence-electron chi connectivity index (χ3n) is 16.3. The van der Waals surface area contributed by atoms with Gasteiger partial charge in [0, 0.05) is 25.7 Å². The Kier molecular flexibility index (Phi) is 68.9. The lowest BCUT2D eigenvalue weighted by atomic mass is 10.1. The molecule has 0 saturated heterocycles. The van der Waals surface area contributed by atoms with Crippen LogP contribution in [0.1, 0.15) is 336 Å². The second-order valence-electron chi connectivity index (χ2n) is 26.0. The maximum absolute atomic E-state index is 13.1. The first-order chi connectivity index (χ1) is 47.7. The highest BCUT2D eigenvalue weighted by atomic mass is 31.2. The molecule has 0 fully saturated rings. The standard InChI is InChI=1S/C79H140O17P2/c1-5-9-13-17-21-25-29-33-36-40-43-47-51-55-59-63-76(81)89-69-74(95-78(83)65-61-57-53-49-45-39-32-28-24-20-16-12-8-4)71-93-97(85,86)91-67-73(80)68-92-98(87,88)94-72-75(96-79(84)66-62-58-54-50-46-42-38-35-31-27-23-19-15-11-7-3)70-90-77(82)64-60-56-52-48-44-41-37-34-30-26-22-18-14-10-6-2/h21-22,25-28,31-38,73-75,80H,5-20,23-24,29-30,39-72H2,1-4H3,(H,85,86)(H,87,88)/b25-21-,26-22-,31-27-,32-28-,36-33-,37-34-,38-35-/t73-,74+,75+/m0/s1. The molecule has 98 heavy (non-hydrogen) atoms. The third kappa shape index (κ3) is 70.7. The van der Waals surface area contributed by atoms with E-state index in [9.17, 15) is 43.2 Å². The van der Waals surface area contributed by atoms with Crippen molar-refractivity contribution < 1.29 is 80.2 Å². The van der Waals surface area contributed by atoms with Gasteiger partial charge in [0.2, 0.25) is 0 Å². The molecule has 3 N–H and O–H groups in total. The zero-order valence-corrected chi connectivity index (χ0v) is 63.7. The Morgan fingerprint density at radius 2 is 0.531 bits per heavy atom. The quantitative estimate of drug-likeness (QED) is 0.0128. The molecule has 0 aliphatic carbocycles. The van der Waals surface area contributed by atoms with Crippen LogP contribution in [0.4, 0.5) is 0 Å². The lowest BCUT2D eigenvalue weighted by Crippen LogP contribution is -2.30. The molecule has 568 valence electrons. The molecule has 0 rings (SSSR count). The van der Waals surface area contributed by atoms with E-state index in [-0.39, 0.29) is 25.7 Å². The van der Waals surface area contributed by atoms with Gasteiger partial charge in [-0.05, 0) is 141 Å². The minimum Gasteiger partial charge on any atom is -0.462 e. The second kappa shape index (κ2) is 71.6. The molecule has 19 heteroatoms. The Morgan fingerprint density at radius 3 is 0.847 bits per heavy atom. The van der Waals surface area contributed by atoms with E-state index in [1.165, 1.54) is 89.9 Å². The minimum atomic E-state index is -4.98. The van der Waals surface area contributed by atoms with Gasteiger partial charge in [-0.2, -0.15) is 0 Å². The summed E-state index contributed by atoms with van der Waals surface area (Å²) >= 11 is 0. The van der Waals surface area contributed by atoms with Crippen molar-refractivity contribution in [3.05, 3.63) is 85.1 Å². The molecule has 0 aromatic carbocycles. The Hall–Kier alpha value is -3.76. The normalized spacial score (nSPS) is 14.4. The Labute approximate surface area is 595 Å². The molecule has 0 saturated carbocycles. The van der Waals surface area contributed by atoms with Crippen LogP contribution < -0.4 is 0 Å². The third-order valence-corrected chi connectivity index (χ3v) is 18.2. The zero-order valence-electron chi connectivity index (χ0n) is 62.0. The highest BCUT2D eigenvalue weighted by Crippen LogP contribution is 2.45. The summed E-state index contributed by atoms with van der Waals surface area (Å²) in [5.41, 5.74) is 0. The monoisotopic (exact) mass is 1420 g/mol. The van der Waals surface area contributed by atoms with Gasteiger partial charge in [0.25, 0.3) is 0 Å². The molecule has 0 radical (unpaired) electrons. The summed E-state index contributed by atoms with van der Waals surface area (Å²) in [4.78, 5) is 72.9. The van der Waals surface area contributed by atoms with Crippen molar-refractivity contribution in [2.24, 2.45) is 0 Å². The summed E-state index contributed by atoms with van der Waals surface area (Å²) < 4.78 is 68.5. The van der Waals surface area contributed by atoms with Crippen molar-refractivity contribution >= 4 is 39.5 Å². The van der Waals surface area contributed by atoms with Crippen LogP contribution in [0.3, 0.4) is 0 Å². The molecule has 5 atom stereocenters. The topological polar surface area (TPSA) is 237 Å². The van der Waals surface area contributed by atoms with Crippen LogP contribution in [0, 0.1) is 0 Å². The van der Waals surface area contributed by atoms with Crippen LogP contribution in [-0.2, 0) is 65.4 Å². The van der Waals surface area contributed by atoms with Crippen LogP contribution in [0.25, 0.3) is 0 Å². The molecule has 0 aliphatic rings. The highest BCUT2D eigenvalue weighted by molar-refractivity contribution is 7.47. The SMILES string of the molecule is CCCCC/C=C\C/C=C\CCCCCCCC(=O)OC[C@H](COP(=O)(O)OC[C@@H](O)COP(=O)(O)OC[C@@H](COC(=O)CCCCCCC/C=C\C/C=C\CCCCC)OC(=O)CCCCCCC/C=C\CCCCCC)OC(=O)CCCCCCC/C=C\C=C/CCCCCC. The number of esters is 4. The van der Waals surface area contributed by atoms with E-state index in [1.54, 1.807) is 0 Å². The van der Waals surface area contributed by atoms with E-state index in [4.69, 9.17) is 37.0 Å². The fourth-order valence-corrected chi connectivity index (χ4v) is 11.9. The molecule has 0 bridgehead atoms. The minimum absolute atomic E-state index is 0.0752. The number of carbonyl (C=O) groups excluding carboxylic acids is 4. The summed E-state index contributed by atoms with van der Waals surface area (Å²) in [5.74, 6) is -2.22. The molecule has 0 heterocycles. The number of hydrogen-bond acceptors (Lipinski definition) is 15. The van der Waals surface area contributed by atoms with Crippen molar-refractivity contribution in [2.45, 2.75) is 354 Å². The summed E-state index contributed by atoms with van der Waals surface area (Å²) in [7, 11) is -9.96. The number of aliphatic hydroxyl groups is 1. The molecule has 0 aliphatic heterocycles. The fraction of sp³-hybridized carbons (Fsp3) is 0.772. The van der Waals surface area contributed by atoms with Gasteiger partial charge in [-0.1, -0.05) is 254 Å². The fourth-order valence-electron chi connectivity index (χ4n) is 10.3. The first-order valence-corrected chi connectivity index (χ1v) is 41.8. The summed E-state index contributed by atoms with van der Waals surface area (Å²) in [6.45, 7) is 4.76. The Balaban J connectivity index is 5.37. The molecule has 0 amide bonds. The van der Waals surface area contributed by atoms with E-state index in [0.717, 1.165) is 167 Å². The van der Waals surface area contributed by atoms with E-state index in [2.05, 4.69) is 113 Å². The van der Waals surface area contributed by atoms with Crippen LogP contribution >= 0.6 is 15.6 Å². The molecule has 0 spiro atoms. The lowest BCUT2D eigenvalue weighted by molar-refractivity contribution is -0.161. The van der Waals surface area contributed by atoms with Crippen molar-refractivity contribution in [2.75, 3.05) is 39.6 Å². The number of aliphatic hydroxyl groups excluding tert-OH is 1. The number of carbonyl (C=O) groups is 4. The summed E-state index contributed by atoms with van der Waals surface area (Å²) in [5, 5.41) is 10.6. The van der Waals surface area contributed by atoms with E-state index >= 15 is 0 Å². The zero-order chi connectivity index (χ0) is 71.8. The van der Waals surface area contributed by atoms with E-state index in [1.807, 2.05) is 0 Å². The van der Waals surface area contributed by atoms with Gasteiger partial charge in [-0.25, -0.2) is 9.13 Å². The molecule has 0 aromatic rings. The van der Waals surface area contributed by atoms with Crippen molar-refractivity contribution in [3.63, 3.8) is 0 Å². The highest BCUT2D eigenvalue weighted by Gasteiger charge is 2.30. The number of phosphoric acid groups is 2.